The summed E-state index contributed by atoms with van der Waals surface area (Å²) in [6.45, 7) is 5.78. The molecule has 1 saturated heterocycles. The van der Waals surface area contributed by atoms with Crippen LogP contribution in [0.3, 0.4) is 0 Å². The van der Waals surface area contributed by atoms with Crippen LogP contribution in [-0.2, 0) is 9.59 Å². The Labute approximate surface area is 90.5 Å². The molecule has 1 atom stereocenters. The van der Waals surface area contributed by atoms with Crippen molar-refractivity contribution in [3.8, 4) is 0 Å². The van der Waals surface area contributed by atoms with Crippen molar-refractivity contribution in [3.05, 3.63) is 0 Å². The second-order valence-corrected chi connectivity index (χ2v) is 3.78. The quantitative estimate of drug-likeness (QED) is 0.690. The topological polar surface area (TPSA) is 69.6 Å². The van der Waals surface area contributed by atoms with Gasteiger partial charge in [0.05, 0.1) is 0 Å². The first-order valence-corrected chi connectivity index (χ1v) is 5.05. The van der Waals surface area contributed by atoms with Crippen molar-refractivity contribution in [2.45, 2.75) is 20.3 Å². The van der Waals surface area contributed by atoms with E-state index in [-0.39, 0.29) is 5.91 Å². The lowest BCUT2D eigenvalue weighted by Gasteiger charge is -2.18. The van der Waals surface area contributed by atoms with Gasteiger partial charge < -0.3 is 15.3 Å². The van der Waals surface area contributed by atoms with Crippen LogP contribution in [0, 0.1) is 5.92 Å². The maximum Gasteiger partial charge on any atom is 0.300 e. The lowest BCUT2D eigenvalue weighted by Crippen LogP contribution is -2.30. The van der Waals surface area contributed by atoms with Gasteiger partial charge >= 0.3 is 0 Å². The lowest BCUT2D eigenvalue weighted by atomic mass is 10.1. The van der Waals surface area contributed by atoms with Crippen LogP contribution in [0.4, 0.5) is 0 Å². The molecule has 1 unspecified atom stereocenters. The Bertz CT molecular complexity index is 209. The third kappa shape index (κ3) is 7.93. The summed E-state index contributed by atoms with van der Waals surface area (Å²) in [7, 11) is 1.86. The number of carbonyl (C=O) groups is 2. The fourth-order valence-electron chi connectivity index (χ4n) is 1.39. The minimum atomic E-state index is -0.833. The molecule has 0 saturated carbocycles. The average molecular weight is 216 g/mol. The van der Waals surface area contributed by atoms with E-state index in [1.165, 1.54) is 6.42 Å². The number of hydrogen-bond donors (Lipinski definition) is 2. The van der Waals surface area contributed by atoms with Crippen molar-refractivity contribution < 1.29 is 14.7 Å². The van der Waals surface area contributed by atoms with Crippen LogP contribution < -0.4 is 5.32 Å². The number of carboxylic acid groups (broad SMARTS) is 1. The SMILES string of the molecule is CC(=O)N(C)CC1CCNC1.CC(=O)O. The molecule has 0 spiro atoms. The van der Waals surface area contributed by atoms with Crippen LogP contribution in [0.15, 0.2) is 0 Å². The molecule has 0 aromatic heterocycles. The summed E-state index contributed by atoms with van der Waals surface area (Å²) in [6, 6.07) is 0. The van der Waals surface area contributed by atoms with Gasteiger partial charge in [-0.2, -0.15) is 0 Å². The molecule has 5 nitrogen and oxygen atoms in total. The summed E-state index contributed by atoms with van der Waals surface area (Å²) in [4.78, 5) is 21.6. The highest BCUT2D eigenvalue weighted by molar-refractivity contribution is 5.72. The molecular formula is C10H20N2O3. The van der Waals surface area contributed by atoms with Gasteiger partial charge in [0.1, 0.15) is 0 Å². The Morgan fingerprint density at radius 1 is 1.47 bits per heavy atom. The van der Waals surface area contributed by atoms with Crippen molar-refractivity contribution in [2.75, 3.05) is 26.7 Å². The molecule has 1 aliphatic rings. The Morgan fingerprint density at radius 3 is 2.33 bits per heavy atom. The molecule has 0 aromatic rings. The van der Waals surface area contributed by atoms with E-state index in [9.17, 15) is 4.79 Å². The smallest absolute Gasteiger partial charge is 0.300 e. The summed E-state index contributed by atoms with van der Waals surface area (Å²) < 4.78 is 0. The lowest BCUT2D eigenvalue weighted by molar-refractivity contribution is -0.134. The highest BCUT2D eigenvalue weighted by Gasteiger charge is 2.16. The van der Waals surface area contributed by atoms with Gasteiger partial charge in [-0.25, -0.2) is 0 Å². The zero-order valence-corrected chi connectivity index (χ0v) is 9.62. The van der Waals surface area contributed by atoms with Gasteiger partial charge in [0, 0.05) is 27.4 Å². The zero-order valence-electron chi connectivity index (χ0n) is 9.62. The molecule has 0 aromatic carbocycles. The number of nitrogens with one attached hydrogen (secondary N) is 1. The molecule has 2 N–H and O–H groups in total. The van der Waals surface area contributed by atoms with E-state index in [2.05, 4.69) is 5.32 Å². The second-order valence-electron chi connectivity index (χ2n) is 3.78. The molecule has 1 fully saturated rings. The number of aliphatic carboxylic acids is 1. The number of hydrogen-bond acceptors (Lipinski definition) is 3. The molecule has 0 bridgehead atoms. The molecule has 0 radical (unpaired) electrons. The van der Waals surface area contributed by atoms with Gasteiger partial charge in [0.15, 0.2) is 0 Å². The first-order chi connectivity index (χ1) is 6.93. The second kappa shape index (κ2) is 7.23. The van der Waals surface area contributed by atoms with Crippen molar-refractivity contribution in [1.82, 2.24) is 10.2 Å². The average Bonchev–Trinajstić information content (AvgIpc) is 2.55. The first-order valence-electron chi connectivity index (χ1n) is 5.05. The van der Waals surface area contributed by atoms with E-state index in [0.29, 0.717) is 5.92 Å². The Morgan fingerprint density at radius 2 is 2.00 bits per heavy atom. The van der Waals surface area contributed by atoms with Crippen LogP contribution in [0.1, 0.15) is 20.3 Å². The van der Waals surface area contributed by atoms with Crippen molar-refractivity contribution >= 4 is 11.9 Å². The fraction of sp³-hybridized carbons (Fsp3) is 0.800. The number of carboxylic acids is 1. The standard InChI is InChI=1S/C8H16N2O.C2H4O2/c1-7(11)10(2)6-8-3-4-9-5-8;1-2(3)4/h8-9H,3-6H2,1-2H3;1H3,(H,3,4). The van der Waals surface area contributed by atoms with Crippen molar-refractivity contribution in [2.24, 2.45) is 5.92 Å². The number of nitrogens with zero attached hydrogens (tertiary/aromatic N) is 1. The van der Waals surface area contributed by atoms with Crippen LogP contribution in [0.2, 0.25) is 0 Å². The van der Waals surface area contributed by atoms with Gasteiger partial charge in [0.25, 0.3) is 5.97 Å². The largest absolute Gasteiger partial charge is 0.481 e. The van der Waals surface area contributed by atoms with Crippen LogP contribution in [0.25, 0.3) is 0 Å². The van der Waals surface area contributed by atoms with Gasteiger partial charge in [-0.3, -0.25) is 9.59 Å². The predicted octanol–water partition coefficient (Wildman–Crippen LogP) is 0.165. The van der Waals surface area contributed by atoms with Crippen LogP contribution in [0.5, 0.6) is 0 Å². The Balaban J connectivity index is 0.000000423. The van der Waals surface area contributed by atoms with E-state index in [4.69, 9.17) is 9.90 Å². The molecule has 1 heterocycles. The van der Waals surface area contributed by atoms with E-state index >= 15 is 0 Å². The van der Waals surface area contributed by atoms with Gasteiger partial charge in [-0.15, -0.1) is 0 Å². The highest BCUT2D eigenvalue weighted by atomic mass is 16.4. The summed E-state index contributed by atoms with van der Waals surface area (Å²) >= 11 is 0. The molecule has 1 rings (SSSR count). The number of amides is 1. The van der Waals surface area contributed by atoms with Crippen molar-refractivity contribution in [3.63, 3.8) is 0 Å². The molecule has 88 valence electrons. The Hall–Kier alpha value is -1.10. The van der Waals surface area contributed by atoms with Gasteiger partial charge in [-0.1, -0.05) is 0 Å². The van der Waals surface area contributed by atoms with Crippen LogP contribution in [-0.4, -0.2) is 48.6 Å². The molecular weight excluding hydrogens is 196 g/mol. The molecule has 15 heavy (non-hydrogen) atoms. The van der Waals surface area contributed by atoms with E-state index < -0.39 is 5.97 Å². The monoisotopic (exact) mass is 216 g/mol. The van der Waals surface area contributed by atoms with E-state index in [1.807, 2.05) is 7.05 Å². The van der Waals surface area contributed by atoms with Crippen LogP contribution >= 0.6 is 0 Å². The summed E-state index contributed by atoms with van der Waals surface area (Å²) in [5.41, 5.74) is 0. The van der Waals surface area contributed by atoms with E-state index in [0.717, 1.165) is 26.6 Å². The fourth-order valence-corrected chi connectivity index (χ4v) is 1.39. The van der Waals surface area contributed by atoms with Gasteiger partial charge in [0.2, 0.25) is 5.91 Å². The summed E-state index contributed by atoms with van der Waals surface area (Å²) in [5, 5.41) is 10.7. The number of rotatable bonds is 2. The minimum Gasteiger partial charge on any atom is -0.481 e. The molecule has 5 heteroatoms. The Kier molecular flexibility index (Phi) is 6.70. The summed E-state index contributed by atoms with van der Waals surface area (Å²) in [6.07, 6.45) is 1.21. The zero-order chi connectivity index (χ0) is 11.8. The molecule has 0 aliphatic carbocycles. The third-order valence-corrected chi connectivity index (χ3v) is 2.23. The highest BCUT2D eigenvalue weighted by Crippen LogP contribution is 2.08. The third-order valence-electron chi connectivity index (χ3n) is 2.23. The van der Waals surface area contributed by atoms with E-state index in [1.54, 1.807) is 11.8 Å². The van der Waals surface area contributed by atoms with Crippen molar-refractivity contribution in [1.29, 1.82) is 0 Å². The minimum absolute atomic E-state index is 0.164. The maximum atomic E-state index is 10.8. The predicted molar refractivity (Wildman–Crippen MR) is 57.6 cm³/mol. The molecule has 1 aliphatic heterocycles. The number of carbonyl (C=O) groups excluding carboxylic acids is 1. The van der Waals surface area contributed by atoms with Gasteiger partial charge in [-0.05, 0) is 25.4 Å². The summed E-state index contributed by atoms with van der Waals surface area (Å²) in [5.74, 6) is 0.000741. The maximum absolute atomic E-state index is 10.8. The first kappa shape index (κ1) is 13.9. The molecule has 1 amide bonds. The normalized spacial score (nSPS) is 19.0.